The monoisotopic (exact) mass is 346 g/mol. The molecule has 0 heterocycles. The highest BCUT2D eigenvalue weighted by molar-refractivity contribution is 5.94. The van der Waals surface area contributed by atoms with Gasteiger partial charge in [0.25, 0.3) is 0 Å². The van der Waals surface area contributed by atoms with Crippen LogP contribution in [-0.4, -0.2) is 17.4 Å². The largest absolute Gasteiger partial charge is 0.508 e. The number of ether oxygens (including phenoxy) is 1. The standard InChI is InChI=1S/C22H18O4/c23-15-20(16-11-13-19(24)14-12-16)22(25)26-21(17-7-3-1-4-8-17)18-9-5-2-6-10-18/h1-15,20-21,24H. The Hall–Kier alpha value is -3.40. The van der Waals surface area contributed by atoms with Crippen molar-refractivity contribution in [1.82, 2.24) is 0 Å². The van der Waals surface area contributed by atoms with E-state index in [1.54, 1.807) is 0 Å². The number of hydrogen-bond donors (Lipinski definition) is 1. The number of hydrogen-bond acceptors (Lipinski definition) is 4. The SMILES string of the molecule is O=CC(C(=O)OC(c1ccccc1)c1ccccc1)c1ccc(O)cc1. The first kappa shape index (κ1) is 17.4. The fourth-order valence-electron chi connectivity index (χ4n) is 2.73. The van der Waals surface area contributed by atoms with Gasteiger partial charge in [-0.3, -0.25) is 4.79 Å². The Morgan fingerprint density at radius 1 is 0.769 bits per heavy atom. The second-order valence-corrected chi connectivity index (χ2v) is 5.84. The van der Waals surface area contributed by atoms with Crippen molar-refractivity contribution in [1.29, 1.82) is 0 Å². The van der Waals surface area contributed by atoms with Crippen LogP contribution in [0, 0.1) is 0 Å². The van der Waals surface area contributed by atoms with E-state index in [1.165, 1.54) is 24.3 Å². The summed E-state index contributed by atoms with van der Waals surface area (Å²) in [7, 11) is 0. The predicted molar refractivity (Wildman–Crippen MR) is 97.7 cm³/mol. The third-order valence-electron chi connectivity index (χ3n) is 4.08. The molecule has 3 aromatic rings. The molecule has 0 spiro atoms. The number of carbonyl (C=O) groups excluding carboxylic acids is 2. The van der Waals surface area contributed by atoms with Gasteiger partial charge in [-0.1, -0.05) is 72.8 Å². The lowest BCUT2D eigenvalue weighted by molar-refractivity contribution is -0.150. The molecule has 1 unspecified atom stereocenters. The molecule has 4 nitrogen and oxygen atoms in total. The Kier molecular flexibility index (Phi) is 5.44. The molecule has 0 bridgehead atoms. The summed E-state index contributed by atoms with van der Waals surface area (Å²) in [5.41, 5.74) is 2.12. The topological polar surface area (TPSA) is 63.6 Å². The van der Waals surface area contributed by atoms with Gasteiger partial charge in [-0.2, -0.15) is 0 Å². The first-order valence-electron chi connectivity index (χ1n) is 8.23. The lowest BCUT2D eigenvalue weighted by Crippen LogP contribution is -2.20. The fourth-order valence-corrected chi connectivity index (χ4v) is 2.73. The van der Waals surface area contributed by atoms with E-state index in [4.69, 9.17) is 4.74 Å². The van der Waals surface area contributed by atoms with E-state index in [2.05, 4.69) is 0 Å². The number of aromatic hydroxyl groups is 1. The predicted octanol–water partition coefficient (Wildman–Crippen LogP) is 4.01. The summed E-state index contributed by atoms with van der Waals surface area (Å²) in [5, 5.41) is 9.39. The lowest BCUT2D eigenvalue weighted by atomic mass is 9.99. The third kappa shape index (κ3) is 3.98. The van der Waals surface area contributed by atoms with Crippen molar-refractivity contribution in [2.24, 2.45) is 0 Å². The van der Waals surface area contributed by atoms with E-state index in [0.717, 1.165) is 11.1 Å². The van der Waals surface area contributed by atoms with Crippen molar-refractivity contribution in [3.8, 4) is 5.75 Å². The number of carbonyl (C=O) groups is 2. The number of esters is 1. The third-order valence-corrected chi connectivity index (χ3v) is 4.08. The molecular formula is C22H18O4. The first-order valence-corrected chi connectivity index (χ1v) is 8.23. The number of aldehydes is 1. The summed E-state index contributed by atoms with van der Waals surface area (Å²) < 4.78 is 5.73. The van der Waals surface area contributed by atoms with Gasteiger partial charge in [-0.25, -0.2) is 0 Å². The van der Waals surface area contributed by atoms with Gasteiger partial charge in [0, 0.05) is 0 Å². The Morgan fingerprint density at radius 3 is 1.73 bits per heavy atom. The minimum absolute atomic E-state index is 0.0678. The van der Waals surface area contributed by atoms with Crippen molar-refractivity contribution in [3.63, 3.8) is 0 Å². The molecule has 130 valence electrons. The minimum atomic E-state index is -1.05. The van der Waals surface area contributed by atoms with Gasteiger partial charge in [0.2, 0.25) is 0 Å². The number of benzene rings is 3. The molecule has 0 aliphatic rings. The van der Waals surface area contributed by atoms with E-state index in [9.17, 15) is 14.7 Å². The van der Waals surface area contributed by atoms with Gasteiger partial charge < -0.3 is 14.6 Å². The van der Waals surface area contributed by atoms with Gasteiger partial charge in [-0.15, -0.1) is 0 Å². The maximum Gasteiger partial charge on any atom is 0.321 e. The summed E-state index contributed by atoms with van der Waals surface area (Å²) in [6, 6.07) is 24.7. The first-order chi connectivity index (χ1) is 12.7. The lowest BCUT2D eigenvalue weighted by Gasteiger charge is -2.21. The second kappa shape index (κ2) is 8.12. The van der Waals surface area contributed by atoms with E-state index in [1.807, 2.05) is 60.7 Å². The second-order valence-electron chi connectivity index (χ2n) is 5.84. The summed E-state index contributed by atoms with van der Waals surface area (Å²) in [6.07, 6.45) is -0.0497. The quantitative estimate of drug-likeness (QED) is 0.416. The number of phenols is 1. The van der Waals surface area contributed by atoms with Crippen LogP contribution in [0.2, 0.25) is 0 Å². The van der Waals surface area contributed by atoms with Crippen LogP contribution < -0.4 is 0 Å². The van der Waals surface area contributed by atoms with E-state index in [-0.39, 0.29) is 5.75 Å². The van der Waals surface area contributed by atoms with Crippen molar-refractivity contribution in [2.45, 2.75) is 12.0 Å². The average Bonchev–Trinajstić information content (AvgIpc) is 2.69. The van der Waals surface area contributed by atoms with Gasteiger partial charge in [0.15, 0.2) is 6.10 Å². The van der Waals surface area contributed by atoms with Crippen LogP contribution in [0.5, 0.6) is 5.75 Å². The van der Waals surface area contributed by atoms with Gasteiger partial charge in [0.05, 0.1) is 0 Å². The Balaban J connectivity index is 1.89. The molecule has 1 atom stereocenters. The molecule has 0 aliphatic carbocycles. The summed E-state index contributed by atoms with van der Waals surface area (Å²) >= 11 is 0. The van der Waals surface area contributed by atoms with Crippen LogP contribution in [0.3, 0.4) is 0 Å². The Bertz CT molecular complexity index is 818. The van der Waals surface area contributed by atoms with Crippen LogP contribution in [0.1, 0.15) is 28.7 Å². The molecule has 0 radical (unpaired) electrons. The Labute approximate surface area is 151 Å². The smallest absolute Gasteiger partial charge is 0.321 e. The molecule has 0 fully saturated rings. The molecule has 0 saturated carbocycles. The molecular weight excluding hydrogens is 328 g/mol. The summed E-state index contributed by atoms with van der Waals surface area (Å²) in [4.78, 5) is 24.2. The molecule has 0 saturated heterocycles. The van der Waals surface area contributed by atoms with Gasteiger partial charge in [0.1, 0.15) is 18.0 Å². The fraction of sp³-hybridized carbons (Fsp3) is 0.0909. The molecule has 0 amide bonds. The van der Waals surface area contributed by atoms with Crippen molar-refractivity contribution < 1.29 is 19.4 Å². The highest BCUT2D eigenvalue weighted by Crippen LogP contribution is 2.28. The van der Waals surface area contributed by atoms with Crippen molar-refractivity contribution in [3.05, 3.63) is 102 Å². The zero-order valence-corrected chi connectivity index (χ0v) is 14.0. The molecule has 4 heteroatoms. The summed E-state index contributed by atoms with van der Waals surface area (Å²) in [6.45, 7) is 0. The molecule has 26 heavy (non-hydrogen) atoms. The molecule has 3 aromatic carbocycles. The van der Waals surface area contributed by atoms with Crippen LogP contribution in [0.25, 0.3) is 0 Å². The molecule has 1 N–H and O–H groups in total. The van der Waals surface area contributed by atoms with Crippen LogP contribution in [-0.2, 0) is 14.3 Å². The Morgan fingerprint density at radius 2 is 1.27 bits per heavy atom. The molecule has 3 rings (SSSR count). The van der Waals surface area contributed by atoms with Gasteiger partial charge in [-0.05, 0) is 28.8 Å². The summed E-state index contributed by atoms with van der Waals surface area (Å²) in [5.74, 6) is -1.62. The van der Waals surface area contributed by atoms with Crippen LogP contribution >= 0.6 is 0 Å². The molecule has 0 aliphatic heterocycles. The van der Waals surface area contributed by atoms with E-state index >= 15 is 0 Å². The highest BCUT2D eigenvalue weighted by atomic mass is 16.5. The maximum atomic E-state index is 12.7. The van der Waals surface area contributed by atoms with E-state index < -0.39 is 18.0 Å². The normalized spacial score (nSPS) is 11.7. The number of rotatable bonds is 6. The van der Waals surface area contributed by atoms with Crippen LogP contribution in [0.15, 0.2) is 84.9 Å². The zero-order valence-electron chi connectivity index (χ0n) is 14.0. The van der Waals surface area contributed by atoms with Gasteiger partial charge >= 0.3 is 5.97 Å². The van der Waals surface area contributed by atoms with Crippen molar-refractivity contribution >= 4 is 12.3 Å². The highest BCUT2D eigenvalue weighted by Gasteiger charge is 2.26. The van der Waals surface area contributed by atoms with Crippen molar-refractivity contribution in [2.75, 3.05) is 0 Å². The minimum Gasteiger partial charge on any atom is -0.508 e. The van der Waals surface area contributed by atoms with E-state index in [0.29, 0.717) is 11.8 Å². The molecule has 0 aromatic heterocycles. The average molecular weight is 346 g/mol. The van der Waals surface area contributed by atoms with Crippen LogP contribution in [0.4, 0.5) is 0 Å². The number of phenolic OH excluding ortho intramolecular Hbond substituents is 1. The zero-order chi connectivity index (χ0) is 18.4. The maximum absolute atomic E-state index is 12.7.